The molecule has 0 unspecified atom stereocenters. The Balaban J connectivity index is 1.77. The zero-order valence-electron chi connectivity index (χ0n) is 13.2. The molecule has 2 atom stereocenters. The number of tetrazole rings is 1. The van der Waals surface area contributed by atoms with Gasteiger partial charge < -0.3 is 4.74 Å². The van der Waals surface area contributed by atoms with Crippen LogP contribution in [0.4, 0.5) is 0 Å². The van der Waals surface area contributed by atoms with E-state index in [2.05, 4.69) is 34.3 Å². The number of hydrogen-bond acceptors (Lipinski definition) is 5. The molecular formula is C15H27N5O. The van der Waals surface area contributed by atoms with Crippen molar-refractivity contribution in [3.05, 3.63) is 5.82 Å². The highest BCUT2D eigenvalue weighted by Gasteiger charge is 2.30. The third-order valence-corrected chi connectivity index (χ3v) is 4.64. The first-order valence-electron chi connectivity index (χ1n) is 8.37. The average molecular weight is 293 g/mol. The van der Waals surface area contributed by atoms with Crippen molar-refractivity contribution in [3.8, 4) is 0 Å². The van der Waals surface area contributed by atoms with Gasteiger partial charge in [0.05, 0.1) is 18.7 Å². The second kappa shape index (κ2) is 6.83. The van der Waals surface area contributed by atoms with Crippen molar-refractivity contribution < 1.29 is 4.74 Å². The van der Waals surface area contributed by atoms with Crippen LogP contribution in [0.15, 0.2) is 0 Å². The van der Waals surface area contributed by atoms with Crippen LogP contribution < -0.4 is 0 Å². The number of piperidine rings is 1. The van der Waals surface area contributed by atoms with Crippen molar-refractivity contribution in [2.24, 2.45) is 5.92 Å². The number of nitrogens with zero attached hydrogens (tertiary/aromatic N) is 5. The lowest BCUT2D eigenvalue weighted by atomic mass is 9.98. The molecule has 0 aromatic carbocycles. The molecule has 0 bridgehead atoms. The highest BCUT2D eigenvalue weighted by Crippen LogP contribution is 2.29. The zero-order valence-corrected chi connectivity index (χ0v) is 13.2. The van der Waals surface area contributed by atoms with E-state index in [-0.39, 0.29) is 6.10 Å². The van der Waals surface area contributed by atoms with Crippen molar-refractivity contribution in [1.82, 2.24) is 25.1 Å². The van der Waals surface area contributed by atoms with Gasteiger partial charge in [0.15, 0.2) is 5.82 Å². The highest BCUT2D eigenvalue weighted by atomic mass is 16.5. The van der Waals surface area contributed by atoms with Crippen molar-refractivity contribution in [2.75, 3.05) is 19.7 Å². The van der Waals surface area contributed by atoms with Gasteiger partial charge in [-0.2, -0.15) is 0 Å². The summed E-state index contributed by atoms with van der Waals surface area (Å²) in [6.07, 6.45) is 6.48. The molecule has 2 saturated heterocycles. The minimum atomic E-state index is 0.279. The molecule has 3 heterocycles. The Hall–Kier alpha value is -1.01. The Morgan fingerprint density at radius 3 is 2.67 bits per heavy atom. The fourth-order valence-electron chi connectivity index (χ4n) is 3.61. The van der Waals surface area contributed by atoms with Gasteiger partial charge in [-0.1, -0.05) is 20.3 Å². The van der Waals surface area contributed by atoms with Gasteiger partial charge in [-0.3, -0.25) is 4.90 Å². The molecular weight excluding hydrogens is 266 g/mol. The number of likely N-dealkylation sites (tertiary alicyclic amines) is 1. The minimum absolute atomic E-state index is 0.279. The van der Waals surface area contributed by atoms with E-state index in [0.717, 1.165) is 44.9 Å². The van der Waals surface area contributed by atoms with Crippen LogP contribution in [0, 0.1) is 5.92 Å². The number of rotatable bonds is 5. The molecule has 21 heavy (non-hydrogen) atoms. The molecule has 0 amide bonds. The molecule has 6 heteroatoms. The van der Waals surface area contributed by atoms with Gasteiger partial charge in [0.2, 0.25) is 0 Å². The van der Waals surface area contributed by atoms with Gasteiger partial charge in [0.25, 0.3) is 0 Å². The zero-order chi connectivity index (χ0) is 14.7. The molecule has 0 radical (unpaired) electrons. The van der Waals surface area contributed by atoms with E-state index < -0.39 is 0 Å². The van der Waals surface area contributed by atoms with Gasteiger partial charge in [0, 0.05) is 6.61 Å². The second-order valence-corrected chi connectivity index (χ2v) is 6.64. The van der Waals surface area contributed by atoms with Crippen LogP contribution in [0.3, 0.4) is 0 Å². The van der Waals surface area contributed by atoms with Crippen LogP contribution >= 0.6 is 0 Å². The van der Waals surface area contributed by atoms with Crippen LogP contribution in [-0.2, 0) is 11.3 Å². The second-order valence-electron chi connectivity index (χ2n) is 6.64. The molecule has 0 spiro atoms. The van der Waals surface area contributed by atoms with Crippen molar-refractivity contribution >= 4 is 0 Å². The van der Waals surface area contributed by atoms with Crippen molar-refractivity contribution in [2.45, 2.75) is 64.6 Å². The van der Waals surface area contributed by atoms with Crippen LogP contribution in [0.5, 0.6) is 0 Å². The van der Waals surface area contributed by atoms with E-state index in [4.69, 9.17) is 4.74 Å². The summed E-state index contributed by atoms with van der Waals surface area (Å²) in [4.78, 5) is 2.56. The summed E-state index contributed by atoms with van der Waals surface area (Å²) in [6, 6.07) is 0.321. The summed E-state index contributed by atoms with van der Waals surface area (Å²) in [5.41, 5.74) is 0. The third kappa shape index (κ3) is 3.43. The topological polar surface area (TPSA) is 56.1 Å². The SMILES string of the molecule is CC(C)[C@H](c1nnnn1C[C@@H]1CCCO1)N1CCCCC1. The molecule has 0 aliphatic carbocycles. The summed E-state index contributed by atoms with van der Waals surface area (Å²) in [5, 5.41) is 12.5. The largest absolute Gasteiger partial charge is 0.376 e. The van der Waals surface area contributed by atoms with Gasteiger partial charge in [-0.05, 0) is 55.1 Å². The van der Waals surface area contributed by atoms with Crippen LogP contribution in [-0.4, -0.2) is 50.9 Å². The van der Waals surface area contributed by atoms with Crippen molar-refractivity contribution in [1.29, 1.82) is 0 Å². The average Bonchev–Trinajstić information content (AvgIpc) is 3.13. The Kier molecular flexibility index (Phi) is 4.85. The first-order valence-corrected chi connectivity index (χ1v) is 8.37. The van der Waals surface area contributed by atoms with E-state index in [1.165, 1.54) is 19.3 Å². The maximum atomic E-state index is 5.74. The predicted molar refractivity (Wildman–Crippen MR) is 79.8 cm³/mol. The maximum absolute atomic E-state index is 5.74. The van der Waals surface area contributed by atoms with E-state index in [0.29, 0.717) is 12.0 Å². The monoisotopic (exact) mass is 293 g/mol. The van der Waals surface area contributed by atoms with Gasteiger partial charge >= 0.3 is 0 Å². The first-order chi connectivity index (χ1) is 10.3. The molecule has 2 fully saturated rings. The minimum Gasteiger partial charge on any atom is -0.376 e. The summed E-state index contributed by atoms with van der Waals surface area (Å²) < 4.78 is 7.72. The van der Waals surface area contributed by atoms with Gasteiger partial charge in [0.1, 0.15) is 0 Å². The molecule has 0 N–H and O–H groups in total. The summed E-state index contributed by atoms with van der Waals surface area (Å²) in [6.45, 7) is 8.53. The highest BCUT2D eigenvalue weighted by molar-refractivity contribution is 4.96. The Morgan fingerprint density at radius 2 is 2.00 bits per heavy atom. The molecule has 1 aromatic rings. The fourth-order valence-corrected chi connectivity index (χ4v) is 3.61. The Bertz CT molecular complexity index is 435. The van der Waals surface area contributed by atoms with Gasteiger partial charge in [-0.15, -0.1) is 5.10 Å². The lowest BCUT2D eigenvalue weighted by Crippen LogP contribution is -2.38. The number of ether oxygens (including phenoxy) is 1. The molecule has 1 aromatic heterocycles. The van der Waals surface area contributed by atoms with E-state index in [9.17, 15) is 0 Å². The summed E-state index contributed by atoms with van der Waals surface area (Å²) in [5.74, 6) is 1.53. The molecule has 0 saturated carbocycles. The fraction of sp³-hybridized carbons (Fsp3) is 0.933. The summed E-state index contributed by atoms with van der Waals surface area (Å²) in [7, 11) is 0. The molecule has 3 rings (SSSR count). The number of hydrogen-bond donors (Lipinski definition) is 0. The lowest BCUT2D eigenvalue weighted by molar-refractivity contribution is 0.0843. The standard InChI is InChI=1S/C15H27N5O/c1-12(2)14(19-8-4-3-5-9-19)15-16-17-18-20(15)11-13-7-6-10-21-13/h12-14H,3-11H2,1-2H3/t13-,14+/m0/s1. The van der Waals surface area contributed by atoms with Crippen LogP contribution in [0.2, 0.25) is 0 Å². The van der Waals surface area contributed by atoms with Crippen LogP contribution in [0.25, 0.3) is 0 Å². The quantitative estimate of drug-likeness (QED) is 0.831. The van der Waals surface area contributed by atoms with E-state index in [1.807, 2.05) is 4.68 Å². The van der Waals surface area contributed by atoms with Crippen LogP contribution in [0.1, 0.15) is 57.8 Å². The molecule has 2 aliphatic rings. The molecule has 118 valence electrons. The number of aromatic nitrogens is 4. The normalized spacial score (nSPS) is 25.6. The molecule has 6 nitrogen and oxygen atoms in total. The molecule has 2 aliphatic heterocycles. The van der Waals surface area contributed by atoms with Crippen molar-refractivity contribution in [3.63, 3.8) is 0 Å². The smallest absolute Gasteiger partial charge is 0.168 e. The van der Waals surface area contributed by atoms with Gasteiger partial charge in [-0.25, -0.2) is 4.68 Å². The van der Waals surface area contributed by atoms with E-state index in [1.54, 1.807) is 0 Å². The Morgan fingerprint density at radius 1 is 1.19 bits per heavy atom. The predicted octanol–water partition coefficient (Wildman–Crippen LogP) is 2.04. The Labute approximate surface area is 126 Å². The first kappa shape index (κ1) is 14.9. The lowest BCUT2D eigenvalue weighted by Gasteiger charge is -2.36. The summed E-state index contributed by atoms with van der Waals surface area (Å²) >= 11 is 0. The van der Waals surface area contributed by atoms with E-state index >= 15 is 0 Å². The maximum Gasteiger partial charge on any atom is 0.168 e. The third-order valence-electron chi connectivity index (χ3n) is 4.64.